The van der Waals surface area contributed by atoms with Gasteiger partial charge >= 0.3 is 5.97 Å². The van der Waals surface area contributed by atoms with E-state index in [1.54, 1.807) is 13.4 Å². The quantitative estimate of drug-likeness (QED) is 0.273. The van der Waals surface area contributed by atoms with Crippen LogP contribution >= 0.6 is 23.5 Å². The monoisotopic (exact) mass is 436 g/mol. The van der Waals surface area contributed by atoms with Crippen LogP contribution in [-0.2, 0) is 11.2 Å². The molecule has 2 heterocycles. The zero-order valence-corrected chi connectivity index (χ0v) is 18.1. The predicted molar refractivity (Wildman–Crippen MR) is 124 cm³/mol. The number of hydrogen-bond donors (Lipinski definition) is 0. The van der Waals surface area contributed by atoms with Gasteiger partial charge in [0, 0.05) is 22.5 Å². The molecule has 3 aromatic carbocycles. The molecule has 0 spiro atoms. The fraction of sp³-hybridized carbons (Fsp3) is 0.208. The first-order valence-electron chi connectivity index (χ1n) is 9.72. The molecule has 0 saturated carbocycles. The first-order valence-corrected chi connectivity index (χ1v) is 11.8. The van der Waals surface area contributed by atoms with E-state index >= 15 is 0 Å². The normalized spacial score (nSPS) is 14.4. The molecule has 152 valence electrons. The first-order chi connectivity index (χ1) is 14.7. The highest BCUT2D eigenvalue weighted by Gasteiger charge is 2.21. The second-order valence-electron chi connectivity index (χ2n) is 7.06. The molecule has 0 amide bonds. The van der Waals surface area contributed by atoms with Gasteiger partial charge in [-0.1, -0.05) is 36.4 Å². The smallest absolute Gasteiger partial charge is 0.315 e. The molecule has 30 heavy (non-hydrogen) atoms. The molecule has 1 fully saturated rings. The lowest BCUT2D eigenvalue weighted by Crippen LogP contribution is -2.11. The van der Waals surface area contributed by atoms with E-state index in [4.69, 9.17) is 13.9 Å². The van der Waals surface area contributed by atoms with E-state index in [0.29, 0.717) is 16.1 Å². The highest BCUT2D eigenvalue weighted by atomic mass is 32.2. The maximum Gasteiger partial charge on any atom is 0.315 e. The fourth-order valence-electron chi connectivity index (χ4n) is 3.78. The van der Waals surface area contributed by atoms with E-state index in [2.05, 4.69) is 6.07 Å². The Morgan fingerprint density at radius 1 is 1.07 bits per heavy atom. The van der Waals surface area contributed by atoms with E-state index < -0.39 is 0 Å². The Morgan fingerprint density at radius 2 is 1.90 bits per heavy atom. The molecule has 1 aromatic heterocycles. The number of furan rings is 1. The van der Waals surface area contributed by atoms with Crippen molar-refractivity contribution in [2.45, 2.75) is 11.0 Å². The number of methoxy groups -OCH3 is 1. The average Bonchev–Trinajstić information content (AvgIpc) is 3.44. The van der Waals surface area contributed by atoms with Crippen LogP contribution in [0.4, 0.5) is 0 Å². The summed E-state index contributed by atoms with van der Waals surface area (Å²) in [4.78, 5) is 12.7. The number of benzene rings is 3. The van der Waals surface area contributed by atoms with Crippen molar-refractivity contribution in [3.05, 3.63) is 72.0 Å². The number of ether oxygens (including phenoxy) is 2. The molecular weight excluding hydrogens is 416 g/mol. The maximum atomic E-state index is 12.7. The van der Waals surface area contributed by atoms with Gasteiger partial charge in [0.05, 0.1) is 24.4 Å². The zero-order chi connectivity index (χ0) is 20.5. The molecule has 1 saturated heterocycles. The Bertz CT molecular complexity index is 1220. The predicted octanol–water partition coefficient (Wildman–Crippen LogP) is 6.22. The molecule has 0 radical (unpaired) electrons. The summed E-state index contributed by atoms with van der Waals surface area (Å²) in [5.74, 6) is 2.98. The second-order valence-corrected chi connectivity index (χ2v) is 9.78. The lowest BCUT2D eigenvalue weighted by Gasteiger charge is -2.13. The van der Waals surface area contributed by atoms with Crippen molar-refractivity contribution in [1.82, 2.24) is 0 Å². The Balaban J connectivity index is 1.39. The van der Waals surface area contributed by atoms with E-state index in [9.17, 15) is 4.79 Å². The van der Waals surface area contributed by atoms with Crippen molar-refractivity contribution in [3.63, 3.8) is 0 Å². The van der Waals surface area contributed by atoms with Crippen LogP contribution in [0.3, 0.4) is 0 Å². The van der Waals surface area contributed by atoms with E-state index in [0.717, 1.165) is 38.8 Å². The van der Waals surface area contributed by atoms with Gasteiger partial charge in [-0.05, 0) is 34.5 Å². The Hall–Kier alpha value is -2.57. The van der Waals surface area contributed by atoms with Crippen molar-refractivity contribution >= 4 is 51.2 Å². The topological polar surface area (TPSA) is 48.7 Å². The summed E-state index contributed by atoms with van der Waals surface area (Å²) in [6, 6.07) is 17.9. The number of carbonyl (C=O) groups is 1. The van der Waals surface area contributed by atoms with Crippen molar-refractivity contribution in [2.75, 3.05) is 18.6 Å². The van der Waals surface area contributed by atoms with Gasteiger partial charge in [-0.15, -0.1) is 23.5 Å². The molecule has 0 atom stereocenters. The summed E-state index contributed by atoms with van der Waals surface area (Å²) in [6.07, 6.45) is 1.77. The van der Waals surface area contributed by atoms with Gasteiger partial charge in [-0.3, -0.25) is 4.79 Å². The Kier molecular flexibility index (Phi) is 5.35. The number of thioether (sulfide) groups is 2. The van der Waals surface area contributed by atoms with Gasteiger partial charge in [0.2, 0.25) is 0 Å². The average molecular weight is 437 g/mol. The van der Waals surface area contributed by atoms with Crippen LogP contribution in [-0.4, -0.2) is 24.6 Å². The lowest BCUT2D eigenvalue weighted by atomic mass is 10.0. The third kappa shape index (κ3) is 3.66. The summed E-state index contributed by atoms with van der Waals surface area (Å²) in [5, 5.41) is 3.14. The van der Waals surface area contributed by atoms with Crippen LogP contribution in [0.2, 0.25) is 0 Å². The minimum absolute atomic E-state index is 0.125. The maximum absolute atomic E-state index is 12.7. The molecule has 4 aromatic rings. The molecule has 5 rings (SSSR count). The number of fused-ring (bicyclic) bond motifs is 3. The van der Waals surface area contributed by atoms with E-state index in [1.807, 2.05) is 72.1 Å². The molecule has 0 unspecified atom stereocenters. The summed E-state index contributed by atoms with van der Waals surface area (Å²) in [6.45, 7) is 0. The van der Waals surface area contributed by atoms with Crippen molar-refractivity contribution in [1.29, 1.82) is 0 Å². The minimum Gasteiger partial charge on any atom is -0.493 e. The zero-order valence-electron chi connectivity index (χ0n) is 16.4. The summed E-state index contributed by atoms with van der Waals surface area (Å²) >= 11 is 3.86. The largest absolute Gasteiger partial charge is 0.493 e. The molecule has 4 nitrogen and oxygen atoms in total. The van der Waals surface area contributed by atoms with Gasteiger partial charge in [-0.25, -0.2) is 0 Å². The molecule has 1 aliphatic rings. The van der Waals surface area contributed by atoms with Crippen molar-refractivity contribution in [2.24, 2.45) is 0 Å². The standard InChI is InChI=1S/C24H20O4S2/c1-26-21-12-16(24-29-10-11-30-24)7-8-19(21)28-22(25)13-17-14-27-20-9-6-15-4-2-3-5-18(15)23(17)20/h2-9,12,14,24H,10-11,13H2,1H3. The molecule has 6 heteroatoms. The third-order valence-electron chi connectivity index (χ3n) is 5.18. The van der Waals surface area contributed by atoms with Crippen LogP contribution in [0.15, 0.2) is 65.3 Å². The van der Waals surface area contributed by atoms with Crippen LogP contribution in [0.5, 0.6) is 11.5 Å². The van der Waals surface area contributed by atoms with Crippen LogP contribution < -0.4 is 9.47 Å². The van der Waals surface area contributed by atoms with Gasteiger partial charge in [-0.2, -0.15) is 0 Å². The number of rotatable bonds is 5. The van der Waals surface area contributed by atoms with Crippen molar-refractivity contribution in [3.8, 4) is 11.5 Å². The van der Waals surface area contributed by atoms with Gasteiger partial charge in [0.1, 0.15) is 5.58 Å². The van der Waals surface area contributed by atoms with E-state index in [1.165, 1.54) is 5.56 Å². The number of esters is 1. The first kappa shape index (κ1) is 19.4. The number of carbonyl (C=O) groups excluding carboxylic acids is 1. The van der Waals surface area contributed by atoms with Crippen molar-refractivity contribution < 1.29 is 18.7 Å². The Labute approximate surface area is 182 Å². The Morgan fingerprint density at radius 3 is 2.73 bits per heavy atom. The number of hydrogen-bond acceptors (Lipinski definition) is 6. The fourth-order valence-corrected chi connectivity index (χ4v) is 6.62. The summed E-state index contributed by atoms with van der Waals surface area (Å²) in [5.41, 5.74) is 2.78. The minimum atomic E-state index is -0.346. The lowest BCUT2D eigenvalue weighted by molar-refractivity contribution is -0.133. The second kappa shape index (κ2) is 8.28. The molecular formula is C24H20O4S2. The van der Waals surface area contributed by atoms with Gasteiger partial charge in [0.25, 0.3) is 0 Å². The highest BCUT2D eigenvalue weighted by molar-refractivity contribution is 8.19. The van der Waals surface area contributed by atoms with Crippen LogP contribution in [0.1, 0.15) is 15.7 Å². The highest BCUT2D eigenvalue weighted by Crippen LogP contribution is 2.47. The molecule has 1 aliphatic heterocycles. The van der Waals surface area contributed by atoms with E-state index in [-0.39, 0.29) is 12.4 Å². The molecule has 0 aliphatic carbocycles. The third-order valence-corrected chi connectivity index (χ3v) is 8.28. The molecule has 0 N–H and O–H groups in total. The SMILES string of the molecule is COc1cc(C2SCCS2)ccc1OC(=O)Cc1coc2ccc3ccccc3c12. The summed E-state index contributed by atoms with van der Waals surface area (Å²) in [7, 11) is 1.60. The van der Waals surface area contributed by atoms with Gasteiger partial charge < -0.3 is 13.9 Å². The van der Waals surface area contributed by atoms with Gasteiger partial charge in [0.15, 0.2) is 11.5 Å². The van der Waals surface area contributed by atoms with Crippen LogP contribution in [0, 0.1) is 0 Å². The molecule has 0 bridgehead atoms. The van der Waals surface area contributed by atoms with Crippen LogP contribution in [0.25, 0.3) is 21.7 Å². The summed E-state index contributed by atoms with van der Waals surface area (Å²) < 4.78 is 17.3.